The summed E-state index contributed by atoms with van der Waals surface area (Å²) < 4.78 is 0. The Bertz CT molecular complexity index is 800. The monoisotopic (exact) mass is 313 g/mol. The number of rotatable bonds is 3. The van der Waals surface area contributed by atoms with E-state index in [2.05, 4.69) is 9.97 Å². The van der Waals surface area contributed by atoms with E-state index in [9.17, 15) is 14.4 Å². The third-order valence-corrected chi connectivity index (χ3v) is 3.93. The average Bonchev–Trinajstić information content (AvgIpc) is 3.05. The second-order valence-corrected chi connectivity index (χ2v) is 5.35. The Balaban J connectivity index is 1.91. The van der Waals surface area contributed by atoms with E-state index < -0.39 is 23.5 Å². The van der Waals surface area contributed by atoms with E-state index in [4.69, 9.17) is 5.11 Å². The van der Waals surface area contributed by atoms with E-state index in [1.54, 1.807) is 30.6 Å². The van der Waals surface area contributed by atoms with Crippen LogP contribution in [-0.2, 0) is 4.79 Å². The number of hydrogen-bond acceptors (Lipinski definition) is 4. The lowest BCUT2D eigenvalue weighted by molar-refractivity contribution is -0.141. The van der Waals surface area contributed by atoms with Gasteiger partial charge in [0, 0.05) is 30.2 Å². The van der Waals surface area contributed by atoms with Gasteiger partial charge >= 0.3 is 5.97 Å². The number of nitrogens with one attached hydrogen (secondary N) is 1. The lowest BCUT2D eigenvalue weighted by Gasteiger charge is -2.21. The molecule has 0 aromatic carbocycles. The van der Waals surface area contributed by atoms with Crippen LogP contribution in [0.2, 0.25) is 0 Å². The summed E-state index contributed by atoms with van der Waals surface area (Å²) >= 11 is 0. The molecule has 7 nitrogen and oxygen atoms in total. The van der Waals surface area contributed by atoms with Crippen LogP contribution in [-0.4, -0.2) is 44.4 Å². The van der Waals surface area contributed by atoms with Crippen molar-refractivity contribution in [2.75, 3.05) is 6.54 Å². The summed E-state index contributed by atoms with van der Waals surface area (Å²) in [6.07, 6.45) is 4.24. The van der Waals surface area contributed by atoms with Crippen molar-refractivity contribution < 1.29 is 14.7 Å². The van der Waals surface area contributed by atoms with Gasteiger partial charge in [0.15, 0.2) is 0 Å². The Morgan fingerprint density at radius 2 is 1.96 bits per heavy atom. The number of carbonyl (C=O) groups excluding carboxylic acids is 1. The van der Waals surface area contributed by atoms with E-state index in [-0.39, 0.29) is 5.56 Å². The van der Waals surface area contributed by atoms with Gasteiger partial charge in [0.05, 0.1) is 0 Å². The van der Waals surface area contributed by atoms with Gasteiger partial charge in [-0.25, -0.2) is 4.79 Å². The number of aromatic amines is 1. The molecule has 0 radical (unpaired) electrons. The molecule has 0 bridgehead atoms. The number of carboxylic acids is 1. The van der Waals surface area contributed by atoms with E-state index in [1.807, 2.05) is 0 Å². The smallest absolute Gasteiger partial charge is 0.326 e. The van der Waals surface area contributed by atoms with Gasteiger partial charge in [0.2, 0.25) is 0 Å². The minimum Gasteiger partial charge on any atom is -0.480 e. The van der Waals surface area contributed by atoms with Gasteiger partial charge in [-0.1, -0.05) is 0 Å². The van der Waals surface area contributed by atoms with Gasteiger partial charge in [0.25, 0.3) is 11.5 Å². The molecule has 1 saturated heterocycles. The molecule has 1 fully saturated rings. The second-order valence-electron chi connectivity index (χ2n) is 5.35. The normalized spacial score (nSPS) is 17.2. The molecule has 0 spiro atoms. The van der Waals surface area contributed by atoms with Crippen molar-refractivity contribution in [3.63, 3.8) is 0 Å². The molecule has 2 aromatic rings. The number of hydrogen-bond donors (Lipinski definition) is 2. The second kappa shape index (κ2) is 6.04. The lowest BCUT2D eigenvalue weighted by atomic mass is 10.1. The standard InChI is InChI=1S/C16H15N3O4/c20-14-11(15(21)19-9-1-2-13(19)16(22)23)3-4-12(18-14)10-5-7-17-8-6-10/h3-8,13H,1-2,9H2,(H,18,20)(H,22,23). The van der Waals surface area contributed by atoms with Crippen LogP contribution in [0.1, 0.15) is 23.2 Å². The van der Waals surface area contributed by atoms with E-state index in [1.165, 1.54) is 11.0 Å². The van der Waals surface area contributed by atoms with Crippen LogP contribution in [0.4, 0.5) is 0 Å². The number of amides is 1. The molecular weight excluding hydrogens is 298 g/mol. The number of aromatic nitrogens is 2. The van der Waals surface area contributed by atoms with Crippen molar-refractivity contribution in [3.05, 3.63) is 52.6 Å². The average molecular weight is 313 g/mol. The lowest BCUT2D eigenvalue weighted by Crippen LogP contribution is -2.42. The van der Waals surface area contributed by atoms with Gasteiger partial charge in [-0.3, -0.25) is 14.6 Å². The van der Waals surface area contributed by atoms with E-state index >= 15 is 0 Å². The van der Waals surface area contributed by atoms with Crippen molar-refractivity contribution in [1.29, 1.82) is 0 Å². The van der Waals surface area contributed by atoms with E-state index in [0.29, 0.717) is 25.1 Å². The van der Waals surface area contributed by atoms with Crippen LogP contribution < -0.4 is 5.56 Å². The van der Waals surface area contributed by atoms with Crippen molar-refractivity contribution in [2.24, 2.45) is 0 Å². The Labute approximate surface area is 131 Å². The maximum Gasteiger partial charge on any atom is 0.326 e. The summed E-state index contributed by atoms with van der Waals surface area (Å²) in [4.78, 5) is 43.7. The number of likely N-dealkylation sites (tertiary alicyclic amines) is 1. The molecule has 1 aliphatic rings. The zero-order chi connectivity index (χ0) is 16.4. The highest BCUT2D eigenvalue weighted by atomic mass is 16.4. The predicted octanol–water partition coefficient (Wildman–Crippen LogP) is 1.13. The quantitative estimate of drug-likeness (QED) is 0.884. The number of carbonyl (C=O) groups is 2. The highest BCUT2D eigenvalue weighted by Gasteiger charge is 2.35. The van der Waals surface area contributed by atoms with Crippen molar-refractivity contribution in [2.45, 2.75) is 18.9 Å². The van der Waals surface area contributed by atoms with Crippen molar-refractivity contribution in [1.82, 2.24) is 14.9 Å². The molecule has 1 atom stereocenters. The van der Waals surface area contributed by atoms with Crippen LogP contribution in [0.25, 0.3) is 11.3 Å². The molecule has 1 aliphatic heterocycles. The summed E-state index contributed by atoms with van der Waals surface area (Å²) in [5.74, 6) is -1.59. The first-order valence-electron chi connectivity index (χ1n) is 7.25. The minimum absolute atomic E-state index is 0.0454. The molecule has 0 saturated carbocycles. The zero-order valence-electron chi connectivity index (χ0n) is 12.2. The van der Waals surface area contributed by atoms with Crippen LogP contribution in [0.15, 0.2) is 41.5 Å². The van der Waals surface area contributed by atoms with Crippen LogP contribution >= 0.6 is 0 Å². The highest BCUT2D eigenvalue weighted by molar-refractivity contribution is 5.96. The molecule has 7 heteroatoms. The molecular formula is C16H15N3O4. The number of H-pyrrole nitrogens is 1. The zero-order valence-corrected chi connectivity index (χ0v) is 12.2. The molecule has 3 heterocycles. The van der Waals surface area contributed by atoms with Gasteiger partial charge in [-0.2, -0.15) is 0 Å². The van der Waals surface area contributed by atoms with Gasteiger partial charge < -0.3 is 15.0 Å². The first-order valence-corrected chi connectivity index (χ1v) is 7.25. The molecule has 3 rings (SSSR count). The number of carboxylic acid groups (broad SMARTS) is 1. The summed E-state index contributed by atoms with van der Waals surface area (Å²) in [7, 11) is 0. The van der Waals surface area contributed by atoms with Crippen LogP contribution in [0.3, 0.4) is 0 Å². The summed E-state index contributed by atoms with van der Waals surface area (Å²) in [5.41, 5.74) is 0.780. The third kappa shape index (κ3) is 2.85. The Kier molecular flexibility index (Phi) is 3.92. The Morgan fingerprint density at radius 1 is 1.22 bits per heavy atom. The number of pyridine rings is 2. The van der Waals surface area contributed by atoms with Gasteiger partial charge in [0.1, 0.15) is 11.6 Å². The molecule has 23 heavy (non-hydrogen) atoms. The maximum atomic E-state index is 12.5. The summed E-state index contributed by atoms with van der Waals surface area (Å²) in [5, 5.41) is 9.16. The number of aliphatic carboxylic acids is 1. The molecule has 1 amide bonds. The maximum absolute atomic E-state index is 12.5. The third-order valence-electron chi connectivity index (χ3n) is 3.93. The largest absolute Gasteiger partial charge is 0.480 e. The predicted molar refractivity (Wildman–Crippen MR) is 82.0 cm³/mol. The molecule has 0 aliphatic carbocycles. The molecule has 2 aromatic heterocycles. The van der Waals surface area contributed by atoms with Crippen LogP contribution in [0, 0.1) is 0 Å². The fourth-order valence-corrected chi connectivity index (χ4v) is 2.76. The van der Waals surface area contributed by atoms with Crippen LogP contribution in [0.5, 0.6) is 0 Å². The Morgan fingerprint density at radius 3 is 2.61 bits per heavy atom. The van der Waals surface area contributed by atoms with Gasteiger partial charge in [-0.15, -0.1) is 0 Å². The van der Waals surface area contributed by atoms with Crippen molar-refractivity contribution >= 4 is 11.9 Å². The minimum atomic E-state index is -1.04. The highest BCUT2D eigenvalue weighted by Crippen LogP contribution is 2.20. The van der Waals surface area contributed by atoms with Gasteiger partial charge in [-0.05, 0) is 37.1 Å². The molecule has 2 N–H and O–H groups in total. The molecule has 1 unspecified atom stereocenters. The fraction of sp³-hybridized carbons (Fsp3) is 0.250. The first-order chi connectivity index (χ1) is 11.1. The first kappa shape index (κ1) is 15.0. The Hall–Kier alpha value is -2.96. The summed E-state index contributed by atoms with van der Waals surface area (Å²) in [6.45, 7) is 0.349. The number of nitrogens with zero attached hydrogens (tertiary/aromatic N) is 2. The summed E-state index contributed by atoms with van der Waals surface area (Å²) in [6, 6.07) is 5.70. The molecule has 118 valence electrons. The fourth-order valence-electron chi connectivity index (χ4n) is 2.76. The van der Waals surface area contributed by atoms with E-state index in [0.717, 1.165) is 5.56 Å². The topological polar surface area (TPSA) is 103 Å². The SMILES string of the molecule is O=C(O)C1CCCN1C(=O)c1ccc(-c2ccncc2)[nH]c1=O. The van der Waals surface area contributed by atoms with Crippen molar-refractivity contribution in [3.8, 4) is 11.3 Å².